The minimum atomic E-state index is -0.0193. The van der Waals surface area contributed by atoms with E-state index in [2.05, 4.69) is 16.9 Å². The summed E-state index contributed by atoms with van der Waals surface area (Å²) in [4.78, 5) is 22.5. The van der Waals surface area contributed by atoms with Gasteiger partial charge < -0.3 is 9.64 Å². The number of hydrogen-bond acceptors (Lipinski definition) is 4. The van der Waals surface area contributed by atoms with Crippen molar-refractivity contribution in [1.82, 2.24) is 14.9 Å². The van der Waals surface area contributed by atoms with Crippen LogP contribution in [0.25, 0.3) is 0 Å². The number of carbonyl (C=O) groups excluding carboxylic acids is 1. The highest BCUT2D eigenvalue weighted by Crippen LogP contribution is 2.19. The molecular weight excluding hydrogens is 290 g/mol. The van der Waals surface area contributed by atoms with E-state index in [0.717, 1.165) is 30.5 Å². The maximum atomic E-state index is 12.7. The summed E-state index contributed by atoms with van der Waals surface area (Å²) < 4.78 is 5.87. The van der Waals surface area contributed by atoms with Crippen molar-refractivity contribution in [2.45, 2.75) is 32.8 Å². The number of carbonyl (C=O) groups is 1. The maximum absolute atomic E-state index is 12.7. The van der Waals surface area contributed by atoms with Crippen LogP contribution in [0.3, 0.4) is 0 Å². The second-order valence-electron chi connectivity index (χ2n) is 5.98. The molecule has 5 heteroatoms. The number of rotatable bonds is 3. The van der Waals surface area contributed by atoms with Crippen LogP contribution < -0.4 is 4.74 Å². The summed E-state index contributed by atoms with van der Waals surface area (Å²) in [6, 6.07) is 7.61. The first kappa shape index (κ1) is 15.5. The molecular formula is C18H21N3O2. The number of amides is 1. The summed E-state index contributed by atoms with van der Waals surface area (Å²) >= 11 is 0. The molecule has 2 heterocycles. The first-order valence-corrected chi connectivity index (χ1v) is 7.92. The lowest BCUT2D eigenvalue weighted by atomic mass is 10.0. The van der Waals surface area contributed by atoms with Gasteiger partial charge >= 0.3 is 0 Å². The van der Waals surface area contributed by atoms with Crippen LogP contribution in [0.5, 0.6) is 5.88 Å². The van der Waals surface area contributed by atoms with E-state index < -0.39 is 0 Å². The average molecular weight is 311 g/mol. The van der Waals surface area contributed by atoms with Gasteiger partial charge in [0.1, 0.15) is 12.4 Å². The molecule has 1 aliphatic heterocycles. The van der Waals surface area contributed by atoms with Crippen molar-refractivity contribution in [2.24, 2.45) is 0 Å². The summed E-state index contributed by atoms with van der Waals surface area (Å²) in [5.74, 6) is 0.634. The Morgan fingerprint density at radius 2 is 2.13 bits per heavy atom. The molecule has 0 aliphatic carbocycles. The second-order valence-corrected chi connectivity index (χ2v) is 5.98. The number of hydrogen-bond donors (Lipinski definition) is 0. The number of piperidine rings is 1. The van der Waals surface area contributed by atoms with E-state index in [9.17, 15) is 4.79 Å². The summed E-state index contributed by atoms with van der Waals surface area (Å²) in [6.45, 7) is 5.45. The third kappa shape index (κ3) is 3.67. The number of ether oxygens (including phenoxy) is 1. The van der Waals surface area contributed by atoms with Crippen LogP contribution in [0.2, 0.25) is 0 Å². The summed E-state index contributed by atoms with van der Waals surface area (Å²) in [7, 11) is 0. The molecule has 1 aromatic carbocycles. The Balaban J connectivity index is 1.68. The van der Waals surface area contributed by atoms with Crippen LogP contribution in [0.15, 0.2) is 36.8 Å². The quantitative estimate of drug-likeness (QED) is 0.874. The van der Waals surface area contributed by atoms with Crippen LogP contribution in [-0.4, -0.2) is 40.0 Å². The van der Waals surface area contributed by atoms with Gasteiger partial charge in [0.05, 0.1) is 6.54 Å². The zero-order valence-corrected chi connectivity index (χ0v) is 13.5. The molecule has 3 rings (SSSR count). The largest absolute Gasteiger partial charge is 0.472 e. The SMILES string of the molecule is Cc1ccc(C(=O)N2CCCC(Oc3ccncn3)C2)cc1C. The van der Waals surface area contributed by atoms with Crippen LogP contribution >= 0.6 is 0 Å². The highest BCUT2D eigenvalue weighted by atomic mass is 16.5. The van der Waals surface area contributed by atoms with E-state index in [0.29, 0.717) is 12.4 Å². The van der Waals surface area contributed by atoms with Crippen LogP contribution in [0, 0.1) is 13.8 Å². The Kier molecular flexibility index (Phi) is 4.55. The van der Waals surface area contributed by atoms with Crippen molar-refractivity contribution in [3.63, 3.8) is 0 Å². The van der Waals surface area contributed by atoms with E-state index in [1.807, 2.05) is 30.0 Å². The first-order chi connectivity index (χ1) is 11.1. The van der Waals surface area contributed by atoms with Crippen molar-refractivity contribution in [3.05, 3.63) is 53.5 Å². The molecule has 1 amide bonds. The smallest absolute Gasteiger partial charge is 0.253 e. The molecule has 0 bridgehead atoms. The number of aryl methyl sites for hydroxylation is 2. The zero-order valence-electron chi connectivity index (χ0n) is 13.5. The standard InChI is InChI=1S/C18H21N3O2/c1-13-5-6-15(10-14(13)2)18(22)21-9-3-4-16(11-21)23-17-7-8-19-12-20-17/h5-8,10,12,16H,3-4,9,11H2,1-2H3. The van der Waals surface area contributed by atoms with Crippen LogP contribution in [0.1, 0.15) is 34.3 Å². The molecule has 5 nitrogen and oxygen atoms in total. The monoisotopic (exact) mass is 311 g/mol. The van der Waals surface area contributed by atoms with E-state index >= 15 is 0 Å². The van der Waals surface area contributed by atoms with Crippen molar-refractivity contribution in [1.29, 1.82) is 0 Å². The van der Waals surface area contributed by atoms with Crippen LogP contribution in [-0.2, 0) is 0 Å². The molecule has 0 saturated carbocycles. The molecule has 1 fully saturated rings. The Labute approximate surface area is 136 Å². The van der Waals surface area contributed by atoms with Crippen molar-refractivity contribution in [2.75, 3.05) is 13.1 Å². The maximum Gasteiger partial charge on any atom is 0.253 e. The van der Waals surface area contributed by atoms with Gasteiger partial charge in [-0.3, -0.25) is 4.79 Å². The van der Waals surface area contributed by atoms with Gasteiger partial charge in [-0.25, -0.2) is 9.97 Å². The predicted octanol–water partition coefficient (Wildman–Crippen LogP) is 2.78. The lowest BCUT2D eigenvalue weighted by Gasteiger charge is -2.32. The lowest BCUT2D eigenvalue weighted by Crippen LogP contribution is -2.44. The molecule has 1 unspecified atom stereocenters. The highest BCUT2D eigenvalue weighted by Gasteiger charge is 2.26. The Hall–Kier alpha value is -2.43. The lowest BCUT2D eigenvalue weighted by molar-refractivity contribution is 0.0527. The van der Waals surface area contributed by atoms with Gasteiger partial charge in [0.2, 0.25) is 5.88 Å². The fourth-order valence-corrected chi connectivity index (χ4v) is 2.79. The molecule has 0 N–H and O–H groups in total. The molecule has 2 aromatic rings. The average Bonchev–Trinajstić information content (AvgIpc) is 2.58. The molecule has 23 heavy (non-hydrogen) atoms. The Morgan fingerprint density at radius 1 is 1.26 bits per heavy atom. The molecule has 1 atom stereocenters. The summed E-state index contributed by atoms with van der Waals surface area (Å²) in [5.41, 5.74) is 3.09. The van der Waals surface area contributed by atoms with Gasteiger partial charge in [-0.05, 0) is 49.9 Å². The van der Waals surface area contributed by atoms with Gasteiger partial charge in [-0.15, -0.1) is 0 Å². The summed E-state index contributed by atoms with van der Waals surface area (Å²) in [6.07, 6.45) is 4.97. The highest BCUT2D eigenvalue weighted by molar-refractivity contribution is 5.94. The third-order valence-corrected chi connectivity index (χ3v) is 4.26. The predicted molar refractivity (Wildman–Crippen MR) is 87.5 cm³/mol. The van der Waals surface area contributed by atoms with Crippen LogP contribution in [0.4, 0.5) is 0 Å². The molecule has 1 saturated heterocycles. The molecule has 0 spiro atoms. The van der Waals surface area contributed by atoms with Crippen molar-refractivity contribution >= 4 is 5.91 Å². The van der Waals surface area contributed by atoms with Crippen molar-refractivity contribution in [3.8, 4) is 5.88 Å². The molecule has 0 radical (unpaired) electrons. The minimum absolute atomic E-state index is 0.0193. The Bertz CT molecular complexity index is 688. The third-order valence-electron chi connectivity index (χ3n) is 4.26. The number of aromatic nitrogens is 2. The number of nitrogens with zero attached hydrogens (tertiary/aromatic N) is 3. The fourth-order valence-electron chi connectivity index (χ4n) is 2.79. The van der Waals surface area contributed by atoms with Gasteiger partial charge in [-0.1, -0.05) is 6.07 Å². The van der Waals surface area contributed by atoms with Gasteiger partial charge in [0, 0.05) is 24.4 Å². The fraction of sp³-hybridized carbons (Fsp3) is 0.389. The summed E-state index contributed by atoms with van der Waals surface area (Å²) in [5, 5.41) is 0. The van der Waals surface area contributed by atoms with E-state index in [4.69, 9.17) is 4.74 Å². The van der Waals surface area contributed by atoms with Crippen molar-refractivity contribution < 1.29 is 9.53 Å². The number of likely N-dealkylation sites (tertiary alicyclic amines) is 1. The topological polar surface area (TPSA) is 55.3 Å². The normalized spacial score (nSPS) is 17.8. The molecule has 1 aromatic heterocycles. The van der Waals surface area contributed by atoms with E-state index in [1.54, 1.807) is 12.3 Å². The van der Waals surface area contributed by atoms with Gasteiger partial charge in [0.25, 0.3) is 5.91 Å². The number of benzene rings is 1. The minimum Gasteiger partial charge on any atom is -0.472 e. The molecule has 1 aliphatic rings. The van der Waals surface area contributed by atoms with Gasteiger partial charge in [0.15, 0.2) is 0 Å². The van der Waals surface area contributed by atoms with E-state index in [-0.39, 0.29) is 12.0 Å². The Morgan fingerprint density at radius 3 is 2.87 bits per heavy atom. The second kappa shape index (κ2) is 6.77. The van der Waals surface area contributed by atoms with E-state index in [1.165, 1.54) is 11.9 Å². The first-order valence-electron chi connectivity index (χ1n) is 7.92. The molecule has 120 valence electrons. The van der Waals surface area contributed by atoms with Gasteiger partial charge in [-0.2, -0.15) is 0 Å². The zero-order chi connectivity index (χ0) is 16.2.